The van der Waals surface area contributed by atoms with Crippen molar-refractivity contribution < 1.29 is 19.7 Å². The van der Waals surface area contributed by atoms with E-state index in [0.29, 0.717) is 12.4 Å². The Morgan fingerprint density at radius 1 is 1.19 bits per heavy atom. The largest absolute Gasteiger partial charge is 0.508 e. The molecular weight excluding hydrogens is 332 g/mol. The van der Waals surface area contributed by atoms with Crippen LogP contribution in [0.2, 0.25) is 0 Å². The molecule has 3 rings (SSSR count). The number of hydrogen-bond donors (Lipinski definition) is 2. The van der Waals surface area contributed by atoms with Gasteiger partial charge in [0.25, 0.3) is 6.47 Å². The van der Waals surface area contributed by atoms with Crippen LogP contribution >= 0.6 is 0 Å². The lowest BCUT2D eigenvalue weighted by Gasteiger charge is -2.14. The molecule has 1 heterocycles. The molecule has 1 aromatic heterocycles. The number of carbonyl (C=O) groups is 1. The maximum Gasteiger partial charge on any atom is 0.290 e. The van der Waals surface area contributed by atoms with E-state index in [0.717, 1.165) is 35.4 Å². The van der Waals surface area contributed by atoms with E-state index in [4.69, 9.17) is 14.6 Å². The molecule has 26 heavy (non-hydrogen) atoms. The molecule has 0 saturated carbocycles. The predicted octanol–water partition coefficient (Wildman–Crippen LogP) is 3.60. The minimum absolute atomic E-state index is 0.250. The van der Waals surface area contributed by atoms with Crippen molar-refractivity contribution in [3.63, 3.8) is 0 Å². The first-order valence-corrected chi connectivity index (χ1v) is 8.27. The molecule has 0 unspecified atom stereocenters. The minimum Gasteiger partial charge on any atom is -0.508 e. The molecule has 0 spiro atoms. The van der Waals surface area contributed by atoms with Crippen LogP contribution < -0.4 is 4.74 Å². The molecule has 136 valence electrons. The second-order valence-electron chi connectivity index (χ2n) is 5.45. The Kier molecular flexibility index (Phi) is 7.24. The lowest BCUT2D eigenvalue weighted by molar-refractivity contribution is -0.122. The Morgan fingerprint density at radius 2 is 1.96 bits per heavy atom. The molecule has 0 atom stereocenters. The van der Waals surface area contributed by atoms with Gasteiger partial charge in [0.2, 0.25) is 0 Å². The van der Waals surface area contributed by atoms with Crippen molar-refractivity contribution in [1.29, 1.82) is 0 Å². The smallest absolute Gasteiger partial charge is 0.290 e. The van der Waals surface area contributed by atoms with Crippen molar-refractivity contribution in [2.24, 2.45) is 0 Å². The number of phenolic OH excluding ortho intramolecular Hbond substituents is 1. The zero-order valence-corrected chi connectivity index (χ0v) is 14.6. The molecule has 0 aliphatic carbocycles. The zero-order valence-electron chi connectivity index (χ0n) is 14.6. The van der Waals surface area contributed by atoms with Gasteiger partial charge in [0.1, 0.15) is 18.1 Å². The van der Waals surface area contributed by atoms with Gasteiger partial charge >= 0.3 is 0 Å². The van der Waals surface area contributed by atoms with E-state index in [1.165, 1.54) is 0 Å². The van der Waals surface area contributed by atoms with E-state index in [-0.39, 0.29) is 6.47 Å². The standard InChI is InChI=1S/C19H20N2O2.CH2O2/c1-2-15-13-16(22)7-8-17(15)18-5-3-4-6-19(18)23-12-11-21-10-9-20-14-21;2-1-3/h3-10,13-14,22H,2,11-12H2,1H3;1H,(H,2,3). The van der Waals surface area contributed by atoms with Crippen molar-refractivity contribution in [2.45, 2.75) is 19.9 Å². The van der Waals surface area contributed by atoms with Crippen LogP contribution in [-0.4, -0.2) is 32.8 Å². The maximum absolute atomic E-state index is 9.69. The third-order valence-electron chi connectivity index (χ3n) is 3.81. The van der Waals surface area contributed by atoms with Gasteiger partial charge in [-0.05, 0) is 35.7 Å². The fourth-order valence-corrected chi connectivity index (χ4v) is 2.63. The van der Waals surface area contributed by atoms with Crippen molar-refractivity contribution in [2.75, 3.05) is 6.61 Å². The van der Waals surface area contributed by atoms with Crippen molar-refractivity contribution >= 4 is 6.47 Å². The summed E-state index contributed by atoms with van der Waals surface area (Å²) in [5.74, 6) is 1.15. The Bertz CT molecular complexity index is 816. The molecule has 6 nitrogen and oxygen atoms in total. The van der Waals surface area contributed by atoms with Crippen LogP contribution in [0.5, 0.6) is 11.5 Å². The highest BCUT2D eigenvalue weighted by Crippen LogP contribution is 2.34. The molecule has 0 fully saturated rings. The lowest BCUT2D eigenvalue weighted by atomic mass is 9.97. The van der Waals surface area contributed by atoms with Crippen molar-refractivity contribution in [3.8, 4) is 22.6 Å². The highest BCUT2D eigenvalue weighted by atomic mass is 16.5. The van der Waals surface area contributed by atoms with Gasteiger partial charge < -0.3 is 19.5 Å². The number of carboxylic acid groups (broad SMARTS) is 1. The average molecular weight is 354 g/mol. The highest BCUT2D eigenvalue weighted by molar-refractivity contribution is 5.74. The van der Waals surface area contributed by atoms with E-state index in [1.807, 2.05) is 41.1 Å². The molecule has 0 aliphatic heterocycles. The molecule has 0 bridgehead atoms. The number of hydrogen-bond acceptors (Lipinski definition) is 4. The number of benzene rings is 2. The van der Waals surface area contributed by atoms with Gasteiger partial charge in [0, 0.05) is 18.0 Å². The number of ether oxygens (including phenoxy) is 1. The number of aryl methyl sites for hydroxylation is 1. The number of nitrogens with zero attached hydrogens (tertiary/aromatic N) is 2. The van der Waals surface area contributed by atoms with Crippen molar-refractivity contribution in [1.82, 2.24) is 9.55 Å². The summed E-state index contributed by atoms with van der Waals surface area (Å²) in [6, 6.07) is 13.5. The SMILES string of the molecule is CCc1cc(O)ccc1-c1ccccc1OCCn1ccnc1.O=CO. The minimum atomic E-state index is -0.250. The predicted molar refractivity (Wildman–Crippen MR) is 99.3 cm³/mol. The average Bonchev–Trinajstić information content (AvgIpc) is 3.16. The topological polar surface area (TPSA) is 84.6 Å². The maximum atomic E-state index is 9.69. The summed E-state index contributed by atoms with van der Waals surface area (Å²) < 4.78 is 7.97. The van der Waals surface area contributed by atoms with Crippen LogP contribution in [0.1, 0.15) is 12.5 Å². The zero-order chi connectivity index (χ0) is 18.8. The molecular formula is C20H22N2O4. The second-order valence-corrected chi connectivity index (χ2v) is 5.45. The number of phenols is 1. The normalized spacial score (nSPS) is 9.88. The number of imidazole rings is 1. The number of aromatic hydroxyl groups is 1. The summed E-state index contributed by atoms with van der Waals surface area (Å²) in [4.78, 5) is 12.4. The van der Waals surface area contributed by atoms with Crippen LogP contribution in [0.4, 0.5) is 0 Å². The molecule has 0 amide bonds. The van der Waals surface area contributed by atoms with Crippen molar-refractivity contribution in [3.05, 3.63) is 66.7 Å². The number of para-hydroxylation sites is 1. The first kappa shape index (κ1) is 19.1. The number of rotatable bonds is 6. The number of aromatic nitrogens is 2. The van der Waals surface area contributed by atoms with E-state index >= 15 is 0 Å². The van der Waals surface area contributed by atoms with E-state index in [2.05, 4.69) is 18.0 Å². The highest BCUT2D eigenvalue weighted by Gasteiger charge is 2.10. The van der Waals surface area contributed by atoms with Crippen LogP contribution in [-0.2, 0) is 17.8 Å². The first-order chi connectivity index (χ1) is 12.7. The molecule has 0 aliphatic rings. The molecule has 6 heteroatoms. The van der Waals surface area contributed by atoms with Gasteiger partial charge in [-0.2, -0.15) is 0 Å². The quantitative estimate of drug-likeness (QED) is 0.661. The summed E-state index contributed by atoms with van der Waals surface area (Å²) >= 11 is 0. The summed E-state index contributed by atoms with van der Waals surface area (Å²) in [7, 11) is 0. The summed E-state index contributed by atoms with van der Waals surface area (Å²) in [5.41, 5.74) is 3.26. The fourth-order valence-electron chi connectivity index (χ4n) is 2.63. The van der Waals surface area contributed by atoms with Crippen LogP contribution in [0, 0.1) is 0 Å². The third kappa shape index (κ3) is 5.11. The first-order valence-electron chi connectivity index (χ1n) is 8.27. The van der Waals surface area contributed by atoms with Crippen LogP contribution in [0.25, 0.3) is 11.1 Å². The van der Waals surface area contributed by atoms with Gasteiger partial charge in [-0.3, -0.25) is 4.79 Å². The van der Waals surface area contributed by atoms with Gasteiger partial charge in [0.05, 0.1) is 12.9 Å². The molecule has 0 radical (unpaired) electrons. The van der Waals surface area contributed by atoms with Crippen LogP contribution in [0.3, 0.4) is 0 Å². The monoisotopic (exact) mass is 354 g/mol. The summed E-state index contributed by atoms with van der Waals surface area (Å²) in [6.45, 7) is 3.16. The Labute approximate surface area is 152 Å². The van der Waals surface area contributed by atoms with Gasteiger partial charge in [-0.1, -0.05) is 31.2 Å². The Morgan fingerprint density at radius 3 is 2.65 bits per heavy atom. The fraction of sp³-hybridized carbons (Fsp3) is 0.200. The van der Waals surface area contributed by atoms with E-state index < -0.39 is 0 Å². The second kappa shape index (κ2) is 9.88. The van der Waals surface area contributed by atoms with Gasteiger partial charge in [-0.25, -0.2) is 4.98 Å². The van der Waals surface area contributed by atoms with E-state index in [9.17, 15) is 5.11 Å². The molecule has 3 aromatic rings. The third-order valence-corrected chi connectivity index (χ3v) is 3.81. The Hall–Kier alpha value is -3.28. The summed E-state index contributed by atoms with van der Waals surface area (Å²) in [5, 5.41) is 16.6. The summed E-state index contributed by atoms with van der Waals surface area (Å²) in [6.07, 6.45) is 6.32. The molecule has 2 N–H and O–H groups in total. The van der Waals surface area contributed by atoms with E-state index in [1.54, 1.807) is 18.6 Å². The van der Waals surface area contributed by atoms with Gasteiger partial charge in [-0.15, -0.1) is 0 Å². The van der Waals surface area contributed by atoms with Crippen LogP contribution in [0.15, 0.2) is 61.2 Å². The van der Waals surface area contributed by atoms with Gasteiger partial charge in [0.15, 0.2) is 0 Å². The molecule has 2 aromatic carbocycles. The molecule has 0 saturated heterocycles. The Balaban J connectivity index is 0.000000758. The lowest BCUT2D eigenvalue weighted by Crippen LogP contribution is -2.07.